The van der Waals surface area contributed by atoms with Crippen molar-refractivity contribution in [1.29, 1.82) is 0 Å². The van der Waals surface area contributed by atoms with E-state index in [1.807, 2.05) is 0 Å². The Morgan fingerprint density at radius 2 is 1.29 bits per heavy atom. The molecule has 244 valence electrons. The third kappa shape index (κ3) is 7.35. The summed E-state index contributed by atoms with van der Waals surface area (Å²) in [6, 6.07) is 0. The topological polar surface area (TPSA) is 54.0 Å². The summed E-state index contributed by atoms with van der Waals surface area (Å²) < 4.78 is 26.6. The molecular weight excluding hydrogens is 573 g/mol. The average molecular weight is 639 g/mol. The Balaban J connectivity index is 1.73. The van der Waals surface area contributed by atoms with Crippen molar-refractivity contribution in [2.45, 2.75) is 156 Å². The van der Waals surface area contributed by atoms with Crippen LogP contribution >= 0.6 is 0 Å². The molecular formula is C34H66O5Si3. The molecule has 42 heavy (non-hydrogen) atoms. The molecule has 0 heterocycles. The molecule has 4 fully saturated rings. The van der Waals surface area contributed by atoms with Crippen molar-refractivity contribution >= 4 is 30.9 Å². The standard InChI is InChI=1S/C34H66O5Si3/c1-23(14-17-29(35)36-4)25-15-16-26-30-27(19-21-33(25,26)2)34(3)20-18-24(37-40(5,6)7)22-28(34)31(38-41(8,9)10)32(30)39-42(11,12)13/h23-28,30-32H,14-22H2,1-13H3/t23?,24-,25?,26?,27?,28+,30?,31+,32-,33?,34?/m1/s1. The number of fused-ring (bicyclic) bond motifs is 5. The van der Waals surface area contributed by atoms with Gasteiger partial charge in [-0.25, -0.2) is 0 Å². The van der Waals surface area contributed by atoms with Crippen molar-refractivity contribution in [2.75, 3.05) is 7.11 Å². The Hall–Kier alpha value is 0.000649. The van der Waals surface area contributed by atoms with Crippen molar-refractivity contribution < 1.29 is 22.8 Å². The molecule has 0 aromatic heterocycles. The fourth-order valence-corrected chi connectivity index (χ4v) is 13.9. The molecule has 0 spiro atoms. The van der Waals surface area contributed by atoms with Gasteiger partial charge in [-0.05, 0) is 157 Å². The van der Waals surface area contributed by atoms with Crippen LogP contribution in [0.5, 0.6) is 0 Å². The number of hydrogen-bond acceptors (Lipinski definition) is 5. The summed E-state index contributed by atoms with van der Waals surface area (Å²) in [5.41, 5.74) is 0.562. The highest BCUT2D eigenvalue weighted by Crippen LogP contribution is 2.69. The van der Waals surface area contributed by atoms with Crippen LogP contribution < -0.4 is 0 Å². The van der Waals surface area contributed by atoms with Crippen molar-refractivity contribution in [3.63, 3.8) is 0 Å². The lowest BCUT2D eigenvalue weighted by Gasteiger charge is -2.66. The molecule has 0 aromatic carbocycles. The first-order chi connectivity index (χ1) is 19.2. The lowest BCUT2D eigenvalue weighted by atomic mass is 9.43. The summed E-state index contributed by atoms with van der Waals surface area (Å²) >= 11 is 0. The highest BCUT2D eigenvalue weighted by atomic mass is 28.4. The molecule has 0 N–H and O–H groups in total. The number of carbonyl (C=O) groups excluding carboxylic acids is 1. The van der Waals surface area contributed by atoms with Crippen LogP contribution in [0.25, 0.3) is 0 Å². The largest absolute Gasteiger partial charge is 0.469 e. The highest BCUT2D eigenvalue weighted by Gasteiger charge is 2.66. The highest BCUT2D eigenvalue weighted by molar-refractivity contribution is 6.70. The molecule has 0 aliphatic heterocycles. The summed E-state index contributed by atoms with van der Waals surface area (Å²) in [5, 5.41) is 0. The van der Waals surface area contributed by atoms with Crippen molar-refractivity contribution in [3.05, 3.63) is 0 Å². The molecule has 4 aliphatic carbocycles. The van der Waals surface area contributed by atoms with E-state index in [0.29, 0.717) is 53.4 Å². The van der Waals surface area contributed by atoms with E-state index in [1.165, 1.54) is 45.6 Å². The fourth-order valence-electron chi connectivity index (χ4n) is 10.5. The zero-order chi connectivity index (χ0) is 31.5. The first kappa shape index (κ1) is 34.9. The Morgan fingerprint density at radius 1 is 0.738 bits per heavy atom. The lowest BCUT2D eigenvalue weighted by molar-refractivity contribution is -0.213. The molecule has 5 nitrogen and oxygen atoms in total. The minimum atomic E-state index is -1.85. The van der Waals surface area contributed by atoms with Gasteiger partial charge in [0.15, 0.2) is 25.0 Å². The number of ether oxygens (including phenoxy) is 1. The van der Waals surface area contributed by atoms with Gasteiger partial charge in [0.05, 0.1) is 19.3 Å². The average Bonchev–Trinajstić information content (AvgIpc) is 3.19. The summed E-state index contributed by atoms with van der Waals surface area (Å²) in [6.45, 7) is 29.0. The molecule has 8 heteroatoms. The van der Waals surface area contributed by atoms with Gasteiger partial charge in [0.1, 0.15) is 0 Å². The van der Waals surface area contributed by atoms with E-state index in [0.717, 1.165) is 12.8 Å². The zero-order valence-corrected chi connectivity index (χ0v) is 32.6. The van der Waals surface area contributed by atoms with Gasteiger partial charge < -0.3 is 18.0 Å². The second-order valence-corrected chi connectivity index (χ2v) is 31.6. The van der Waals surface area contributed by atoms with Crippen LogP contribution in [-0.2, 0) is 22.8 Å². The van der Waals surface area contributed by atoms with E-state index in [1.54, 1.807) is 0 Å². The van der Waals surface area contributed by atoms with E-state index in [4.69, 9.17) is 18.0 Å². The Bertz CT molecular complexity index is 954. The maximum absolute atomic E-state index is 12.0. The van der Waals surface area contributed by atoms with Gasteiger partial charge in [0.2, 0.25) is 0 Å². The van der Waals surface area contributed by atoms with E-state index in [-0.39, 0.29) is 23.6 Å². The molecule has 0 saturated heterocycles. The molecule has 0 bridgehead atoms. The summed E-state index contributed by atoms with van der Waals surface area (Å²) in [5.74, 6) is 3.49. The van der Waals surface area contributed by atoms with Gasteiger partial charge in [0, 0.05) is 12.5 Å². The first-order valence-electron chi connectivity index (χ1n) is 17.3. The van der Waals surface area contributed by atoms with Gasteiger partial charge in [-0.3, -0.25) is 4.79 Å². The maximum atomic E-state index is 12.0. The van der Waals surface area contributed by atoms with Crippen LogP contribution in [0.15, 0.2) is 0 Å². The molecule has 0 radical (unpaired) electrons. The molecule has 11 atom stereocenters. The van der Waals surface area contributed by atoms with Crippen LogP contribution in [-0.4, -0.2) is 56.3 Å². The van der Waals surface area contributed by atoms with Crippen LogP contribution in [0.2, 0.25) is 58.9 Å². The third-order valence-corrected chi connectivity index (χ3v) is 14.9. The van der Waals surface area contributed by atoms with Gasteiger partial charge in [0.25, 0.3) is 0 Å². The molecule has 0 aromatic rings. The monoisotopic (exact) mass is 638 g/mol. The van der Waals surface area contributed by atoms with Gasteiger partial charge in [-0.2, -0.15) is 0 Å². The van der Waals surface area contributed by atoms with Crippen LogP contribution in [0.4, 0.5) is 0 Å². The number of hydrogen-bond donors (Lipinski definition) is 0. The zero-order valence-electron chi connectivity index (χ0n) is 29.6. The van der Waals surface area contributed by atoms with Gasteiger partial charge in [-0.15, -0.1) is 0 Å². The van der Waals surface area contributed by atoms with Gasteiger partial charge >= 0.3 is 5.97 Å². The SMILES string of the molecule is COC(=O)CCC(C)C1CCC2C3C(CCC12C)C1(C)CC[C@@H](O[Si](C)(C)C)C[C@H]1[C@H](O[Si](C)(C)C)[C@@H]3O[Si](C)(C)C. The summed E-state index contributed by atoms with van der Waals surface area (Å²) in [4.78, 5) is 12.0. The second kappa shape index (κ2) is 12.3. The first-order valence-corrected chi connectivity index (χ1v) is 27.5. The number of esters is 1. The minimum Gasteiger partial charge on any atom is -0.469 e. The fraction of sp³-hybridized carbons (Fsp3) is 0.971. The Morgan fingerprint density at radius 3 is 1.86 bits per heavy atom. The van der Waals surface area contributed by atoms with Crippen LogP contribution in [0.1, 0.15) is 78.6 Å². The smallest absolute Gasteiger partial charge is 0.305 e. The Labute approximate surface area is 262 Å². The van der Waals surface area contributed by atoms with E-state index < -0.39 is 25.0 Å². The Kier molecular flexibility index (Phi) is 10.2. The molecule has 4 aliphatic rings. The van der Waals surface area contributed by atoms with Crippen molar-refractivity contribution in [3.8, 4) is 0 Å². The third-order valence-electron chi connectivity index (χ3n) is 11.9. The van der Waals surface area contributed by atoms with E-state index >= 15 is 0 Å². The minimum absolute atomic E-state index is 0.0693. The van der Waals surface area contributed by atoms with E-state index in [2.05, 4.69) is 79.7 Å². The molecule has 7 unspecified atom stereocenters. The van der Waals surface area contributed by atoms with Crippen LogP contribution in [0.3, 0.4) is 0 Å². The lowest BCUT2D eigenvalue weighted by Crippen LogP contribution is -2.67. The number of methoxy groups -OCH3 is 1. The number of carbonyl (C=O) groups is 1. The van der Waals surface area contributed by atoms with Crippen molar-refractivity contribution in [2.24, 2.45) is 46.3 Å². The summed E-state index contributed by atoms with van der Waals surface area (Å²) in [7, 11) is -3.82. The van der Waals surface area contributed by atoms with Crippen LogP contribution in [0, 0.1) is 46.3 Å². The van der Waals surface area contributed by atoms with Crippen molar-refractivity contribution in [1.82, 2.24) is 0 Å². The predicted molar refractivity (Wildman–Crippen MR) is 181 cm³/mol. The predicted octanol–water partition coefficient (Wildman–Crippen LogP) is 9.11. The molecule has 4 saturated carbocycles. The summed E-state index contributed by atoms with van der Waals surface area (Å²) in [6.07, 6.45) is 10.9. The molecule has 4 rings (SSSR count). The maximum Gasteiger partial charge on any atom is 0.305 e. The second-order valence-electron chi connectivity index (χ2n) is 18.2. The van der Waals surface area contributed by atoms with Gasteiger partial charge in [-0.1, -0.05) is 20.8 Å². The number of rotatable bonds is 10. The van der Waals surface area contributed by atoms with E-state index in [9.17, 15) is 4.79 Å². The quantitative estimate of drug-likeness (QED) is 0.176. The molecule has 0 amide bonds. The normalized spacial score (nSPS) is 41.5.